The van der Waals surface area contributed by atoms with Gasteiger partial charge in [-0.1, -0.05) is 36.4 Å². The first-order valence-electron chi connectivity index (χ1n) is 9.35. The third-order valence-electron chi connectivity index (χ3n) is 3.67. The number of hydrazone groups is 2. The molecular weight excluding hydrogens is 380 g/mol. The van der Waals surface area contributed by atoms with Crippen LogP contribution in [0.4, 0.5) is 11.4 Å². The van der Waals surface area contributed by atoms with Gasteiger partial charge in [0.25, 0.3) is 0 Å². The standard InChI is InChI=1S/C22H24N6O2/c1-17(29)21(27-25-19-9-5-3-6-10-19)15-23-13-14-24-16-22(18(2)30)28-26-20-11-7-4-8-12-20/h3-12,15-16,25-26H,13-14H2,1-2H3/b23-15?,24-16?,27-21-,28-22-. The second-order valence-electron chi connectivity index (χ2n) is 6.13. The number of para-hydroxylation sites is 2. The summed E-state index contributed by atoms with van der Waals surface area (Å²) in [5, 5.41) is 8.15. The van der Waals surface area contributed by atoms with E-state index in [1.165, 1.54) is 26.3 Å². The average Bonchev–Trinajstić information content (AvgIpc) is 2.75. The molecule has 0 saturated carbocycles. The van der Waals surface area contributed by atoms with Crippen LogP contribution in [0.2, 0.25) is 0 Å². The Bertz CT molecular complexity index is 871. The summed E-state index contributed by atoms with van der Waals surface area (Å²) in [6, 6.07) is 18.6. The third kappa shape index (κ3) is 8.39. The quantitative estimate of drug-likeness (QED) is 0.340. The van der Waals surface area contributed by atoms with E-state index in [-0.39, 0.29) is 23.0 Å². The molecule has 2 N–H and O–H groups in total. The normalized spacial score (nSPS) is 12.3. The molecule has 30 heavy (non-hydrogen) atoms. The molecule has 0 spiro atoms. The van der Waals surface area contributed by atoms with Gasteiger partial charge in [0.05, 0.1) is 36.9 Å². The monoisotopic (exact) mass is 404 g/mol. The van der Waals surface area contributed by atoms with Crippen LogP contribution in [0.25, 0.3) is 0 Å². The van der Waals surface area contributed by atoms with Crippen LogP contribution in [0.3, 0.4) is 0 Å². The lowest BCUT2D eigenvalue weighted by molar-refractivity contribution is -0.111. The van der Waals surface area contributed by atoms with Crippen molar-refractivity contribution in [3.05, 3.63) is 60.7 Å². The predicted octanol–water partition coefficient (Wildman–Crippen LogP) is 3.24. The van der Waals surface area contributed by atoms with Crippen LogP contribution in [0.5, 0.6) is 0 Å². The van der Waals surface area contributed by atoms with Gasteiger partial charge in [-0.2, -0.15) is 10.2 Å². The van der Waals surface area contributed by atoms with Gasteiger partial charge in [0.1, 0.15) is 11.4 Å². The van der Waals surface area contributed by atoms with Crippen LogP contribution in [-0.2, 0) is 9.59 Å². The first-order chi connectivity index (χ1) is 14.6. The van der Waals surface area contributed by atoms with Gasteiger partial charge >= 0.3 is 0 Å². The number of nitrogens with one attached hydrogen (secondary N) is 2. The van der Waals surface area contributed by atoms with Gasteiger partial charge in [0.15, 0.2) is 11.6 Å². The summed E-state index contributed by atoms with van der Waals surface area (Å²) in [6.07, 6.45) is 2.81. The lowest BCUT2D eigenvalue weighted by Gasteiger charge is -2.01. The number of aliphatic imine (C=N–C) groups is 2. The molecular formula is C22H24N6O2. The van der Waals surface area contributed by atoms with Crippen molar-refractivity contribution in [3.8, 4) is 0 Å². The summed E-state index contributed by atoms with van der Waals surface area (Å²) in [5.41, 5.74) is 7.60. The van der Waals surface area contributed by atoms with Crippen molar-refractivity contribution in [1.82, 2.24) is 0 Å². The molecule has 0 aliphatic rings. The van der Waals surface area contributed by atoms with Gasteiger partial charge in [0, 0.05) is 13.8 Å². The Balaban J connectivity index is 1.87. The third-order valence-corrected chi connectivity index (χ3v) is 3.67. The van der Waals surface area contributed by atoms with Gasteiger partial charge in [-0.15, -0.1) is 0 Å². The van der Waals surface area contributed by atoms with Crippen molar-refractivity contribution < 1.29 is 9.59 Å². The smallest absolute Gasteiger partial charge is 0.181 e. The van der Waals surface area contributed by atoms with Gasteiger partial charge in [0.2, 0.25) is 0 Å². The molecule has 2 rings (SSSR count). The maximum absolute atomic E-state index is 11.7. The zero-order valence-electron chi connectivity index (χ0n) is 16.9. The fourth-order valence-corrected chi connectivity index (χ4v) is 2.09. The number of benzene rings is 2. The van der Waals surface area contributed by atoms with Gasteiger partial charge in [-0.05, 0) is 24.3 Å². The van der Waals surface area contributed by atoms with Crippen molar-refractivity contribution in [2.24, 2.45) is 20.2 Å². The maximum atomic E-state index is 11.7. The molecule has 8 nitrogen and oxygen atoms in total. The zero-order valence-corrected chi connectivity index (χ0v) is 16.9. The highest BCUT2D eigenvalue weighted by atomic mass is 16.1. The second kappa shape index (κ2) is 12.5. The summed E-state index contributed by atoms with van der Waals surface area (Å²) in [4.78, 5) is 31.7. The lowest BCUT2D eigenvalue weighted by Crippen LogP contribution is -2.15. The number of ketones is 2. The zero-order chi connectivity index (χ0) is 21.6. The first kappa shape index (κ1) is 22.4. The number of carbonyl (C=O) groups is 2. The molecule has 0 saturated heterocycles. The minimum Gasteiger partial charge on any atom is -0.293 e. The number of Topliss-reactive ketones (excluding diaryl/α,β-unsaturated/α-hetero) is 2. The molecule has 154 valence electrons. The Hall–Kier alpha value is -3.94. The second-order valence-corrected chi connectivity index (χ2v) is 6.13. The highest BCUT2D eigenvalue weighted by molar-refractivity contribution is 6.61. The molecule has 0 aliphatic carbocycles. The molecule has 0 bridgehead atoms. The number of hydrogen-bond donors (Lipinski definition) is 2. The molecule has 2 aromatic carbocycles. The molecule has 0 fully saturated rings. The van der Waals surface area contributed by atoms with E-state index in [0.717, 1.165) is 11.4 Å². The number of hydrogen-bond acceptors (Lipinski definition) is 8. The van der Waals surface area contributed by atoms with E-state index in [0.29, 0.717) is 13.1 Å². The van der Waals surface area contributed by atoms with Gasteiger partial charge in [-0.3, -0.25) is 30.4 Å². The number of rotatable bonds is 11. The Labute approximate surface area is 175 Å². The molecule has 8 heteroatoms. The predicted molar refractivity (Wildman–Crippen MR) is 123 cm³/mol. The van der Waals surface area contributed by atoms with E-state index >= 15 is 0 Å². The summed E-state index contributed by atoms with van der Waals surface area (Å²) in [7, 11) is 0. The maximum Gasteiger partial charge on any atom is 0.181 e. The molecule has 0 unspecified atom stereocenters. The van der Waals surface area contributed by atoms with Crippen molar-refractivity contribution in [2.45, 2.75) is 13.8 Å². The van der Waals surface area contributed by atoms with E-state index in [4.69, 9.17) is 0 Å². The van der Waals surface area contributed by atoms with E-state index in [1.807, 2.05) is 60.7 Å². The van der Waals surface area contributed by atoms with Gasteiger partial charge < -0.3 is 0 Å². The van der Waals surface area contributed by atoms with Gasteiger partial charge in [-0.25, -0.2) is 0 Å². The lowest BCUT2D eigenvalue weighted by atomic mass is 10.3. The average molecular weight is 404 g/mol. The van der Waals surface area contributed by atoms with Crippen LogP contribution >= 0.6 is 0 Å². The van der Waals surface area contributed by atoms with Crippen LogP contribution in [0.15, 0.2) is 80.9 Å². The molecule has 0 atom stereocenters. The molecule has 0 aliphatic heterocycles. The Morgan fingerprint density at radius 3 is 1.40 bits per heavy atom. The van der Waals surface area contributed by atoms with Crippen LogP contribution in [0.1, 0.15) is 13.8 Å². The fraction of sp³-hybridized carbons (Fsp3) is 0.182. The Kier molecular flexibility index (Phi) is 9.32. The minimum atomic E-state index is -0.205. The number of carbonyl (C=O) groups excluding carboxylic acids is 2. The van der Waals surface area contributed by atoms with E-state index in [9.17, 15) is 9.59 Å². The van der Waals surface area contributed by atoms with Crippen LogP contribution < -0.4 is 10.9 Å². The van der Waals surface area contributed by atoms with Crippen molar-refractivity contribution in [1.29, 1.82) is 0 Å². The minimum absolute atomic E-state index is 0.205. The summed E-state index contributed by atoms with van der Waals surface area (Å²) >= 11 is 0. The molecule has 2 aromatic rings. The topological polar surface area (TPSA) is 108 Å². The SMILES string of the molecule is CC(=O)/C(C=NCCN=C/C(=N/Nc1ccccc1)C(C)=O)=N\Nc1ccccc1. The number of anilines is 2. The molecule has 0 amide bonds. The van der Waals surface area contributed by atoms with Crippen LogP contribution in [-0.4, -0.2) is 48.5 Å². The fourth-order valence-electron chi connectivity index (χ4n) is 2.09. The van der Waals surface area contributed by atoms with Crippen LogP contribution in [0, 0.1) is 0 Å². The van der Waals surface area contributed by atoms with E-state index < -0.39 is 0 Å². The highest BCUT2D eigenvalue weighted by Gasteiger charge is 2.03. The summed E-state index contributed by atoms with van der Waals surface area (Å²) < 4.78 is 0. The number of nitrogens with zero attached hydrogens (tertiary/aromatic N) is 4. The molecule has 0 aromatic heterocycles. The largest absolute Gasteiger partial charge is 0.293 e. The van der Waals surface area contributed by atoms with Crippen molar-refractivity contribution in [3.63, 3.8) is 0 Å². The highest BCUT2D eigenvalue weighted by Crippen LogP contribution is 2.05. The first-order valence-corrected chi connectivity index (χ1v) is 9.35. The van der Waals surface area contributed by atoms with E-state index in [1.54, 1.807) is 0 Å². The van der Waals surface area contributed by atoms with E-state index in [2.05, 4.69) is 31.0 Å². The molecule has 0 heterocycles. The summed E-state index contributed by atoms with van der Waals surface area (Å²) in [5.74, 6) is -0.410. The Morgan fingerprint density at radius 1 is 0.700 bits per heavy atom. The van der Waals surface area contributed by atoms with Crippen molar-refractivity contribution in [2.75, 3.05) is 23.9 Å². The van der Waals surface area contributed by atoms with Crippen molar-refractivity contribution >= 4 is 46.8 Å². The summed E-state index contributed by atoms with van der Waals surface area (Å²) in [6.45, 7) is 3.52. The molecule has 0 radical (unpaired) electrons. The Morgan fingerprint density at radius 2 is 1.07 bits per heavy atom.